The van der Waals surface area contributed by atoms with E-state index >= 15 is 0 Å². The van der Waals surface area contributed by atoms with Crippen molar-refractivity contribution in [3.05, 3.63) is 213 Å². The lowest BCUT2D eigenvalue weighted by Crippen LogP contribution is -1.91. The van der Waals surface area contributed by atoms with Gasteiger partial charge in [-0.3, -0.25) is 0 Å². The van der Waals surface area contributed by atoms with Crippen LogP contribution in [0, 0.1) is 6.92 Å². The summed E-state index contributed by atoms with van der Waals surface area (Å²) in [7, 11) is 0. The van der Waals surface area contributed by atoms with Gasteiger partial charge in [-0.25, -0.2) is 0 Å². The SMILES string of the molecule is C=CC.C=Cc1ccccc1-c1c(C)oc2ccc(-c3ccc(-c4c5ccccc5c(-c5cccc(-c6cccc7ccccc67)c5)c5ccccc45)cc3)cc12. The van der Waals surface area contributed by atoms with Gasteiger partial charge >= 0.3 is 0 Å². The van der Waals surface area contributed by atoms with Crippen LogP contribution in [0.15, 0.2) is 206 Å². The van der Waals surface area contributed by atoms with Gasteiger partial charge in [-0.2, -0.15) is 0 Å². The summed E-state index contributed by atoms with van der Waals surface area (Å²) in [5, 5.41) is 8.62. The van der Waals surface area contributed by atoms with Crippen LogP contribution in [0.2, 0.25) is 0 Å². The first-order valence-corrected chi connectivity index (χ1v) is 19.5. The summed E-state index contributed by atoms with van der Waals surface area (Å²) in [6.07, 6.45) is 3.67. The van der Waals surface area contributed by atoms with E-state index in [1.165, 1.54) is 65.7 Å². The number of allylic oxidation sites excluding steroid dienone is 1. The molecular weight excluding hydrogens is 689 g/mol. The molecule has 272 valence electrons. The van der Waals surface area contributed by atoms with E-state index in [0.717, 1.165) is 44.5 Å². The lowest BCUT2D eigenvalue weighted by atomic mass is 9.85. The maximum absolute atomic E-state index is 6.26. The Bertz CT molecular complexity index is 3060. The Morgan fingerprint density at radius 2 is 0.912 bits per heavy atom. The van der Waals surface area contributed by atoms with E-state index in [2.05, 4.69) is 195 Å². The first-order valence-electron chi connectivity index (χ1n) is 19.5. The van der Waals surface area contributed by atoms with Gasteiger partial charge in [0.05, 0.1) is 0 Å². The molecule has 0 N–H and O–H groups in total. The molecule has 1 heteroatoms. The molecule has 0 radical (unpaired) electrons. The van der Waals surface area contributed by atoms with Crippen molar-refractivity contribution in [2.24, 2.45) is 0 Å². The van der Waals surface area contributed by atoms with E-state index in [1.54, 1.807) is 6.08 Å². The molecule has 0 saturated carbocycles. The Kier molecular flexibility index (Phi) is 9.42. The minimum atomic E-state index is 0.891. The first kappa shape index (κ1) is 35.5. The predicted octanol–water partition coefficient (Wildman–Crippen LogP) is 16.4. The van der Waals surface area contributed by atoms with Gasteiger partial charge < -0.3 is 4.42 Å². The van der Waals surface area contributed by atoms with E-state index in [-0.39, 0.29) is 0 Å². The molecule has 1 heterocycles. The molecule has 0 amide bonds. The van der Waals surface area contributed by atoms with Gasteiger partial charge in [0.25, 0.3) is 0 Å². The van der Waals surface area contributed by atoms with Crippen LogP contribution in [0.5, 0.6) is 0 Å². The molecule has 0 spiro atoms. The van der Waals surface area contributed by atoms with E-state index in [1.807, 2.05) is 19.9 Å². The molecular formula is C56H42O. The second-order valence-corrected chi connectivity index (χ2v) is 14.5. The fourth-order valence-electron chi connectivity index (χ4n) is 8.54. The van der Waals surface area contributed by atoms with Crippen LogP contribution >= 0.6 is 0 Å². The quantitative estimate of drug-likeness (QED) is 0.123. The molecule has 0 aliphatic carbocycles. The Hall–Kier alpha value is -7.22. The number of furan rings is 1. The highest BCUT2D eigenvalue weighted by molar-refractivity contribution is 6.21. The third-order valence-electron chi connectivity index (χ3n) is 11.0. The van der Waals surface area contributed by atoms with E-state index in [9.17, 15) is 0 Å². The average molecular weight is 731 g/mol. The van der Waals surface area contributed by atoms with Crippen molar-refractivity contribution in [3.63, 3.8) is 0 Å². The number of fused-ring (bicyclic) bond motifs is 4. The highest BCUT2D eigenvalue weighted by Crippen LogP contribution is 2.45. The molecule has 0 saturated heterocycles. The Morgan fingerprint density at radius 3 is 1.60 bits per heavy atom. The molecule has 1 nitrogen and oxygen atoms in total. The lowest BCUT2D eigenvalue weighted by Gasteiger charge is -2.18. The standard InChI is InChI=1S/C53H36O.C3H6/c1-3-35-14-4-7-20-44(35)51-34(2)54-50-31-30-39(33-49(50)51)36-26-28-38(29-27-36)52-45-21-8-10-23-47(45)53(48-24-11-9-22-46(48)52)41-18-12-17-40(32-41)43-25-13-16-37-15-5-6-19-42(37)43;1-3-2/h3-33H,1H2,2H3;3H,1H2,2H3. The van der Waals surface area contributed by atoms with Crippen molar-refractivity contribution >= 4 is 49.4 Å². The van der Waals surface area contributed by atoms with Gasteiger partial charge in [-0.1, -0.05) is 183 Å². The van der Waals surface area contributed by atoms with Crippen molar-refractivity contribution in [1.82, 2.24) is 0 Å². The van der Waals surface area contributed by atoms with Crippen molar-refractivity contribution < 1.29 is 4.42 Å². The summed E-state index contributed by atoms with van der Waals surface area (Å²) in [4.78, 5) is 0. The van der Waals surface area contributed by atoms with Crippen molar-refractivity contribution in [2.75, 3.05) is 0 Å². The first-order chi connectivity index (χ1) is 28.1. The number of aryl methyl sites for hydroxylation is 1. The monoisotopic (exact) mass is 730 g/mol. The number of hydrogen-bond donors (Lipinski definition) is 0. The molecule has 0 aliphatic heterocycles. The highest BCUT2D eigenvalue weighted by Gasteiger charge is 2.19. The van der Waals surface area contributed by atoms with Gasteiger partial charge in [-0.05, 0) is 120 Å². The average Bonchev–Trinajstić information content (AvgIpc) is 3.60. The van der Waals surface area contributed by atoms with E-state index < -0.39 is 0 Å². The zero-order valence-corrected chi connectivity index (χ0v) is 32.3. The Balaban J connectivity index is 0.00000137. The summed E-state index contributed by atoms with van der Waals surface area (Å²) in [6, 6.07) is 66.0. The van der Waals surface area contributed by atoms with Crippen LogP contribution in [0.3, 0.4) is 0 Å². The van der Waals surface area contributed by atoms with Crippen LogP contribution in [0.1, 0.15) is 18.2 Å². The second-order valence-electron chi connectivity index (χ2n) is 14.5. The van der Waals surface area contributed by atoms with E-state index in [0.29, 0.717) is 0 Å². The van der Waals surface area contributed by atoms with Crippen LogP contribution in [0.4, 0.5) is 0 Å². The predicted molar refractivity (Wildman–Crippen MR) is 247 cm³/mol. The molecule has 0 unspecified atom stereocenters. The molecule has 0 fully saturated rings. The third-order valence-corrected chi connectivity index (χ3v) is 11.0. The van der Waals surface area contributed by atoms with Gasteiger partial charge in [0.1, 0.15) is 11.3 Å². The number of benzene rings is 9. The minimum Gasteiger partial charge on any atom is -0.461 e. The molecule has 1 aromatic heterocycles. The maximum atomic E-state index is 6.26. The zero-order chi connectivity index (χ0) is 38.9. The fraction of sp³-hybridized carbons (Fsp3) is 0.0357. The number of hydrogen-bond acceptors (Lipinski definition) is 1. The molecule has 57 heavy (non-hydrogen) atoms. The minimum absolute atomic E-state index is 0.891. The smallest absolute Gasteiger partial charge is 0.134 e. The lowest BCUT2D eigenvalue weighted by molar-refractivity contribution is 0.580. The Morgan fingerprint density at radius 1 is 0.404 bits per heavy atom. The maximum Gasteiger partial charge on any atom is 0.134 e. The van der Waals surface area contributed by atoms with Gasteiger partial charge in [0.15, 0.2) is 0 Å². The summed E-state index contributed by atoms with van der Waals surface area (Å²) < 4.78 is 6.26. The van der Waals surface area contributed by atoms with E-state index in [4.69, 9.17) is 4.42 Å². The largest absolute Gasteiger partial charge is 0.461 e. The van der Waals surface area contributed by atoms with Crippen molar-refractivity contribution in [2.45, 2.75) is 13.8 Å². The van der Waals surface area contributed by atoms with Crippen LogP contribution in [-0.4, -0.2) is 0 Å². The zero-order valence-electron chi connectivity index (χ0n) is 32.3. The number of rotatable bonds is 6. The highest BCUT2D eigenvalue weighted by atomic mass is 16.3. The third kappa shape index (κ3) is 6.34. The summed E-state index contributed by atoms with van der Waals surface area (Å²) >= 11 is 0. The van der Waals surface area contributed by atoms with Gasteiger partial charge in [0.2, 0.25) is 0 Å². The second kappa shape index (κ2) is 15.1. The molecule has 10 aromatic rings. The molecule has 0 bridgehead atoms. The van der Waals surface area contributed by atoms with Crippen molar-refractivity contribution in [1.29, 1.82) is 0 Å². The van der Waals surface area contributed by atoms with Gasteiger partial charge in [0, 0.05) is 10.9 Å². The van der Waals surface area contributed by atoms with Gasteiger partial charge in [-0.15, -0.1) is 6.58 Å². The molecule has 0 atom stereocenters. The normalized spacial score (nSPS) is 11.1. The summed E-state index contributed by atoms with van der Waals surface area (Å²) in [5.74, 6) is 0.911. The molecule has 10 rings (SSSR count). The Labute approximate surface area is 334 Å². The van der Waals surface area contributed by atoms with Crippen LogP contribution < -0.4 is 0 Å². The topological polar surface area (TPSA) is 13.1 Å². The molecule has 0 aliphatic rings. The molecule has 9 aromatic carbocycles. The van der Waals surface area contributed by atoms with Crippen LogP contribution in [0.25, 0.3) is 105 Å². The van der Waals surface area contributed by atoms with Crippen molar-refractivity contribution in [3.8, 4) is 55.6 Å². The summed E-state index contributed by atoms with van der Waals surface area (Å²) in [5.41, 5.74) is 14.0. The fourth-order valence-corrected chi connectivity index (χ4v) is 8.54. The summed E-state index contributed by atoms with van der Waals surface area (Å²) in [6.45, 7) is 11.4. The van der Waals surface area contributed by atoms with Crippen LogP contribution in [-0.2, 0) is 0 Å².